The van der Waals surface area contributed by atoms with Crippen LogP contribution in [0.2, 0.25) is 5.02 Å². The number of nitro benzene ring substituents is 1. The average molecular weight is 449 g/mol. The van der Waals surface area contributed by atoms with Crippen molar-refractivity contribution in [2.24, 2.45) is 5.41 Å². The van der Waals surface area contributed by atoms with Gasteiger partial charge >= 0.3 is 0 Å². The van der Waals surface area contributed by atoms with Gasteiger partial charge in [-0.2, -0.15) is 0 Å². The molecule has 3 aromatic rings. The molecule has 0 fully saturated rings. The van der Waals surface area contributed by atoms with Crippen molar-refractivity contribution in [1.82, 2.24) is 9.71 Å². The smallest absolute Gasteiger partial charge is 0.278 e. The average Bonchev–Trinajstić information content (AvgIpc) is 2.71. The molecular weight excluding hydrogens is 428 g/mol. The van der Waals surface area contributed by atoms with E-state index in [1.165, 1.54) is 30.3 Å². The maximum Gasteiger partial charge on any atom is 0.278 e. The van der Waals surface area contributed by atoms with Crippen molar-refractivity contribution < 1.29 is 13.3 Å². The molecule has 0 bridgehead atoms. The third-order valence-electron chi connectivity index (χ3n) is 4.57. The molecule has 10 heteroatoms. The van der Waals surface area contributed by atoms with Gasteiger partial charge in [0.05, 0.1) is 20.9 Å². The quantitative estimate of drug-likeness (QED) is 0.394. The van der Waals surface area contributed by atoms with Crippen LogP contribution in [0.4, 0.5) is 11.4 Å². The van der Waals surface area contributed by atoms with Crippen molar-refractivity contribution in [3.63, 3.8) is 0 Å². The lowest BCUT2D eigenvalue weighted by Crippen LogP contribution is -2.38. The van der Waals surface area contributed by atoms with Gasteiger partial charge < -0.3 is 5.32 Å². The molecule has 0 aliphatic heterocycles. The van der Waals surface area contributed by atoms with E-state index in [4.69, 9.17) is 11.6 Å². The second-order valence-electron chi connectivity index (χ2n) is 7.59. The number of non-ortho nitro benzene ring substituents is 1. The van der Waals surface area contributed by atoms with Crippen LogP contribution in [0.1, 0.15) is 13.8 Å². The largest absolute Gasteiger partial charge is 0.383 e. The van der Waals surface area contributed by atoms with Gasteiger partial charge in [0.2, 0.25) is 10.0 Å². The van der Waals surface area contributed by atoms with Crippen LogP contribution in [0, 0.1) is 15.5 Å². The zero-order valence-corrected chi connectivity index (χ0v) is 18.0. The van der Waals surface area contributed by atoms with E-state index in [0.29, 0.717) is 28.2 Å². The van der Waals surface area contributed by atoms with Crippen molar-refractivity contribution in [2.45, 2.75) is 18.7 Å². The Kier molecular flexibility index (Phi) is 6.25. The van der Waals surface area contributed by atoms with Crippen LogP contribution in [0.5, 0.6) is 0 Å². The molecule has 0 radical (unpaired) electrons. The van der Waals surface area contributed by atoms with Crippen LogP contribution in [0.15, 0.2) is 59.6 Å². The second-order valence-corrected chi connectivity index (χ2v) is 9.79. The van der Waals surface area contributed by atoms with Crippen molar-refractivity contribution in [2.75, 3.05) is 18.4 Å². The van der Waals surface area contributed by atoms with Crippen molar-refractivity contribution >= 4 is 43.9 Å². The molecule has 0 amide bonds. The number of hydrogen-bond acceptors (Lipinski definition) is 6. The third kappa shape index (κ3) is 5.05. The predicted octanol–water partition coefficient (Wildman–Crippen LogP) is 4.21. The highest BCUT2D eigenvalue weighted by Gasteiger charge is 2.23. The molecule has 0 spiro atoms. The minimum Gasteiger partial charge on any atom is -0.383 e. The number of hydrogen-bond donors (Lipinski definition) is 2. The summed E-state index contributed by atoms with van der Waals surface area (Å²) in [5.41, 5.74) is 0.662. The summed E-state index contributed by atoms with van der Waals surface area (Å²) < 4.78 is 27.6. The molecule has 0 saturated heterocycles. The first kappa shape index (κ1) is 21.9. The van der Waals surface area contributed by atoms with Gasteiger partial charge in [0.1, 0.15) is 5.52 Å². The monoisotopic (exact) mass is 448 g/mol. The lowest BCUT2D eigenvalue weighted by Gasteiger charge is -2.26. The molecule has 2 N–H and O–H groups in total. The molecule has 3 rings (SSSR count). The Bertz CT molecular complexity index is 1180. The van der Waals surface area contributed by atoms with Gasteiger partial charge in [-0.1, -0.05) is 25.4 Å². The van der Waals surface area contributed by atoms with E-state index in [0.717, 1.165) is 0 Å². The molecule has 8 nitrogen and oxygen atoms in total. The molecule has 0 saturated carbocycles. The summed E-state index contributed by atoms with van der Waals surface area (Å²) in [6.45, 7) is 4.42. The molecule has 0 aliphatic carbocycles. The molecule has 30 heavy (non-hydrogen) atoms. The first-order chi connectivity index (χ1) is 14.1. The Hall–Kier alpha value is -2.75. The highest BCUT2D eigenvalue weighted by molar-refractivity contribution is 7.89. The number of nitro groups is 1. The van der Waals surface area contributed by atoms with Gasteiger partial charge in [-0.15, -0.1) is 0 Å². The van der Waals surface area contributed by atoms with Gasteiger partial charge in [-0.3, -0.25) is 15.1 Å². The summed E-state index contributed by atoms with van der Waals surface area (Å²) in [4.78, 5) is 15.2. The molecule has 0 aliphatic rings. The minimum atomic E-state index is -3.67. The van der Waals surface area contributed by atoms with E-state index in [-0.39, 0.29) is 17.1 Å². The van der Waals surface area contributed by atoms with Gasteiger partial charge in [0.25, 0.3) is 5.69 Å². The Morgan fingerprint density at radius 3 is 2.47 bits per heavy atom. The zero-order valence-electron chi connectivity index (χ0n) is 16.4. The fraction of sp³-hybridized carbons (Fsp3) is 0.250. The zero-order chi connectivity index (χ0) is 21.9. The van der Waals surface area contributed by atoms with E-state index in [1.54, 1.807) is 24.4 Å². The number of rotatable bonds is 8. The standard InChI is InChI=1S/C20H21ClN4O4S/c1-20(2,13-24-30(28,29)15-7-5-14(21)6-8-15)12-23-17-9-10-18(25(26)27)16-4-3-11-22-19(16)17/h3-11,23-24H,12-13H2,1-2H3. The number of sulfonamides is 1. The molecule has 158 valence electrons. The predicted molar refractivity (Wildman–Crippen MR) is 117 cm³/mol. The van der Waals surface area contributed by atoms with Crippen LogP contribution in [0.25, 0.3) is 10.9 Å². The molecular formula is C20H21ClN4O4S. The van der Waals surface area contributed by atoms with Gasteiger partial charge in [0, 0.05) is 30.4 Å². The van der Waals surface area contributed by atoms with E-state index in [1.807, 2.05) is 13.8 Å². The summed E-state index contributed by atoms with van der Waals surface area (Å²) in [7, 11) is -3.67. The van der Waals surface area contributed by atoms with Crippen molar-refractivity contribution in [3.05, 3.63) is 69.9 Å². The van der Waals surface area contributed by atoms with Gasteiger partial charge in [-0.05, 0) is 47.9 Å². The Morgan fingerprint density at radius 1 is 1.10 bits per heavy atom. The summed E-state index contributed by atoms with van der Waals surface area (Å²) in [6, 6.07) is 12.3. The topological polar surface area (TPSA) is 114 Å². The maximum absolute atomic E-state index is 12.5. The number of halogens is 1. The van der Waals surface area contributed by atoms with E-state index < -0.39 is 20.4 Å². The molecule has 1 aromatic heterocycles. The Morgan fingerprint density at radius 2 is 1.80 bits per heavy atom. The molecule has 0 atom stereocenters. The number of nitrogens with zero attached hydrogens (tertiary/aromatic N) is 2. The van der Waals surface area contributed by atoms with Gasteiger partial charge in [0.15, 0.2) is 0 Å². The lowest BCUT2D eigenvalue weighted by molar-refractivity contribution is -0.383. The highest BCUT2D eigenvalue weighted by Crippen LogP contribution is 2.30. The SMILES string of the molecule is CC(C)(CNc1ccc([N+](=O)[O-])c2cccnc12)CNS(=O)(=O)c1ccc(Cl)cc1. The summed E-state index contributed by atoms with van der Waals surface area (Å²) >= 11 is 5.81. The van der Waals surface area contributed by atoms with Crippen LogP contribution in [0.3, 0.4) is 0 Å². The normalized spacial score (nSPS) is 12.1. The summed E-state index contributed by atoms with van der Waals surface area (Å²) in [5, 5.41) is 15.4. The number of fused-ring (bicyclic) bond motifs is 1. The van der Waals surface area contributed by atoms with Crippen LogP contribution < -0.4 is 10.0 Å². The summed E-state index contributed by atoms with van der Waals surface area (Å²) in [6.07, 6.45) is 1.57. The molecule has 2 aromatic carbocycles. The third-order valence-corrected chi connectivity index (χ3v) is 6.23. The van der Waals surface area contributed by atoms with Crippen LogP contribution in [-0.4, -0.2) is 31.4 Å². The highest BCUT2D eigenvalue weighted by atomic mass is 35.5. The summed E-state index contributed by atoms with van der Waals surface area (Å²) in [5.74, 6) is 0. The van der Waals surface area contributed by atoms with E-state index in [2.05, 4.69) is 15.0 Å². The van der Waals surface area contributed by atoms with Crippen LogP contribution >= 0.6 is 11.6 Å². The van der Waals surface area contributed by atoms with Crippen LogP contribution in [-0.2, 0) is 10.0 Å². The Balaban J connectivity index is 1.71. The van der Waals surface area contributed by atoms with Crippen molar-refractivity contribution in [3.8, 4) is 0 Å². The minimum absolute atomic E-state index is 0.0152. The van der Waals surface area contributed by atoms with E-state index >= 15 is 0 Å². The number of benzene rings is 2. The number of aromatic nitrogens is 1. The lowest BCUT2D eigenvalue weighted by atomic mass is 9.94. The fourth-order valence-corrected chi connectivity index (χ4v) is 4.21. The number of nitrogens with one attached hydrogen (secondary N) is 2. The molecule has 0 unspecified atom stereocenters. The van der Waals surface area contributed by atoms with E-state index in [9.17, 15) is 18.5 Å². The second kappa shape index (κ2) is 8.55. The number of pyridine rings is 1. The first-order valence-electron chi connectivity index (χ1n) is 9.10. The van der Waals surface area contributed by atoms with Crippen molar-refractivity contribution in [1.29, 1.82) is 0 Å². The number of anilines is 1. The maximum atomic E-state index is 12.5. The molecule has 1 heterocycles. The fourth-order valence-electron chi connectivity index (χ4n) is 2.84. The first-order valence-corrected chi connectivity index (χ1v) is 11.0. The Labute approximate surface area is 179 Å². The van der Waals surface area contributed by atoms with Gasteiger partial charge in [-0.25, -0.2) is 13.1 Å².